The van der Waals surface area contributed by atoms with Crippen molar-refractivity contribution in [3.8, 4) is 5.75 Å². The van der Waals surface area contributed by atoms with Crippen molar-refractivity contribution in [3.63, 3.8) is 0 Å². The fourth-order valence-corrected chi connectivity index (χ4v) is 2.75. The first-order valence-corrected chi connectivity index (χ1v) is 7.84. The summed E-state index contributed by atoms with van der Waals surface area (Å²) in [4.78, 5) is 6.73. The molecule has 0 aliphatic carbocycles. The maximum atomic E-state index is 5.75. The summed E-state index contributed by atoms with van der Waals surface area (Å²) in [6, 6.07) is 8.14. The van der Waals surface area contributed by atoms with E-state index in [-0.39, 0.29) is 0 Å². The normalized spacial score (nSPS) is 19.5. The van der Waals surface area contributed by atoms with Crippen LogP contribution in [0.4, 0.5) is 0 Å². The van der Waals surface area contributed by atoms with Crippen LogP contribution in [-0.4, -0.2) is 44.1 Å². The first-order chi connectivity index (χ1) is 10.2. The van der Waals surface area contributed by atoms with E-state index in [1.807, 2.05) is 19.2 Å². The van der Waals surface area contributed by atoms with Gasteiger partial charge >= 0.3 is 0 Å². The highest BCUT2D eigenvalue weighted by atomic mass is 16.5. The van der Waals surface area contributed by atoms with Gasteiger partial charge < -0.3 is 15.0 Å². The molecule has 1 aromatic carbocycles. The van der Waals surface area contributed by atoms with Crippen molar-refractivity contribution in [2.75, 3.05) is 33.3 Å². The van der Waals surface area contributed by atoms with Gasteiger partial charge in [0.15, 0.2) is 5.96 Å². The van der Waals surface area contributed by atoms with Gasteiger partial charge in [-0.2, -0.15) is 0 Å². The SMILES string of the molecule is CN=C(NCCOc1cccc(C)c1)N1CCCC(C)C1. The summed E-state index contributed by atoms with van der Waals surface area (Å²) in [6.07, 6.45) is 2.58. The van der Waals surface area contributed by atoms with Crippen LogP contribution >= 0.6 is 0 Å². The summed E-state index contributed by atoms with van der Waals surface area (Å²) in [5.41, 5.74) is 1.22. The molecule has 0 bridgehead atoms. The van der Waals surface area contributed by atoms with Crippen LogP contribution in [0, 0.1) is 12.8 Å². The van der Waals surface area contributed by atoms with Crippen LogP contribution in [0.2, 0.25) is 0 Å². The number of likely N-dealkylation sites (tertiary alicyclic amines) is 1. The van der Waals surface area contributed by atoms with Crippen LogP contribution in [0.5, 0.6) is 5.75 Å². The van der Waals surface area contributed by atoms with E-state index in [4.69, 9.17) is 4.74 Å². The van der Waals surface area contributed by atoms with Crippen molar-refractivity contribution in [3.05, 3.63) is 29.8 Å². The lowest BCUT2D eigenvalue weighted by atomic mass is 10.0. The molecule has 4 nitrogen and oxygen atoms in total. The highest BCUT2D eigenvalue weighted by Gasteiger charge is 2.18. The second-order valence-corrected chi connectivity index (χ2v) is 5.83. The minimum atomic E-state index is 0.645. The van der Waals surface area contributed by atoms with Gasteiger partial charge in [-0.05, 0) is 43.4 Å². The number of aryl methyl sites for hydroxylation is 1. The van der Waals surface area contributed by atoms with E-state index in [1.54, 1.807) is 0 Å². The Kier molecular flexibility index (Phi) is 5.90. The summed E-state index contributed by atoms with van der Waals surface area (Å²) in [5, 5.41) is 3.40. The van der Waals surface area contributed by atoms with Crippen molar-refractivity contribution in [2.24, 2.45) is 10.9 Å². The second kappa shape index (κ2) is 7.91. The highest BCUT2D eigenvalue weighted by Crippen LogP contribution is 2.15. The van der Waals surface area contributed by atoms with Gasteiger partial charge in [-0.25, -0.2) is 0 Å². The summed E-state index contributed by atoms with van der Waals surface area (Å²) < 4.78 is 5.75. The third-order valence-corrected chi connectivity index (χ3v) is 3.81. The van der Waals surface area contributed by atoms with Crippen LogP contribution < -0.4 is 10.1 Å². The summed E-state index contributed by atoms with van der Waals surface area (Å²) in [7, 11) is 1.85. The van der Waals surface area contributed by atoms with Gasteiger partial charge in [0.1, 0.15) is 12.4 Å². The Morgan fingerprint density at radius 2 is 2.33 bits per heavy atom. The lowest BCUT2D eigenvalue weighted by Gasteiger charge is -2.33. The largest absolute Gasteiger partial charge is 0.492 e. The van der Waals surface area contributed by atoms with Crippen molar-refractivity contribution in [2.45, 2.75) is 26.7 Å². The number of piperidine rings is 1. The molecule has 1 heterocycles. The quantitative estimate of drug-likeness (QED) is 0.526. The molecule has 21 heavy (non-hydrogen) atoms. The Bertz CT molecular complexity index is 473. The molecule has 4 heteroatoms. The molecule has 1 atom stereocenters. The molecule has 1 N–H and O–H groups in total. The molecule has 0 radical (unpaired) electrons. The maximum Gasteiger partial charge on any atom is 0.193 e. The second-order valence-electron chi connectivity index (χ2n) is 5.83. The molecule has 1 aromatic rings. The Morgan fingerprint density at radius 3 is 3.05 bits per heavy atom. The lowest BCUT2D eigenvalue weighted by Crippen LogP contribution is -2.47. The number of hydrogen-bond acceptors (Lipinski definition) is 2. The third-order valence-electron chi connectivity index (χ3n) is 3.81. The topological polar surface area (TPSA) is 36.9 Å². The highest BCUT2D eigenvalue weighted by molar-refractivity contribution is 5.79. The van der Waals surface area contributed by atoms with Crippen molar-refractivity contribution >= 4 is 5.96 Å². The number of nitrogens with zero attached hydrogens (tertiary/aromatic N) is 2. The zero-order chi connectivity index (χ0) is 15.1. The van der Waals surface area contributed by atoms with Gasteiger partial charge in [0.05, 0.1) is 6.54 Å². The smallest absolute Gasteiger partial charge is 0.193 e. The Morgan fingerprint density at radius 1 is 1.48 bits per heavy atom. The molecule has 1 aliphatic rings. The first kappa shape index (κ1) is 15.7. The molecule has 1 fully saturated rings. The fraction of sp³-hybridized carbons (Fsp3) is 0.588. The van der Waals surface area contributed by atoms with Gasteiger partial charge in [-0.3, -0.25) is 4.99 Å². The van der Waals surface area contributed by atoms with Gasteiger partial charge in [-0.1, -0.05) is 19.1 Å². The zero-order valence-corrected chi connectivity index (χ0v) is 13.4. The number of hydrogen-bond donors (Lipinski definition) is 1. The number of rotatable bonds is 4. The molecule has 0 amide bonds. The van der Waals surface area contributed by atoms with Crippen LogP contribution in [0.3, 0.4) is 0 Å². The Hall–Kier alpha value is -1.71. The third kappa shape index (κ3) is 4.96. The van der Waals surface area contributed by atoms with E-state index in [9.17, 15) is 0 Å². The molecule has 1 saturated heterocycles. The van der Waals surface area contributed by atoms with Crippen LogP contribution in [0.1, 0.15) is 25.3 Å². The van der Waals surface area contributed by atoms with Gasteiger partial charge in [-0.15, -0.1) is 0 Å². The monoisotopic (exact) mass is 289 g/mol. The molecule has 0 spiro atoms. The molecule has 0 saturated carbocycles. The number of ether oxygens (including phenoxy) is 1. The number of guanidine groups is 1. The number of benzene rings is 1. The van der Waals surface area contributed by atoms with E-state index < -0.39 is 0 Å². The van der Waals surface area contributed by atoms with E-state index in [0.29, 0.717) is 6.61 Å². The average Bonchev–Trinajstić information content (AvgIpc) is 2.47. The molecule has 0 aromatic heterocycles. The van der Waals surface area contributed by atoms with Gasteiger partial charge in [0.2, 0.25) is 0 Å². The van der Waals surface area contributed by atoms with E-state index >= 15 is 0 Å². The van der Waals surface area contributed by atoms with Crippen molar-refractivity contribution in [1.29, 1.82) is 0 Å². The van der Waals surface area contributed by atoms with Gasteiger partial charge in [0, 0.05) is 20.1 Å². The van der Waals surface area contributed by atoms with Gasteiger partial charge in [0.25, 0.3) is 0 Å². The molecule has 1 aliphatic heterocycles. The minimum absolute atomic E-state index is 0.645. The van der Waals surface area contributed by atoms with Crippen LogP contribution in [-0.2, 0) is 0 Å². The van der Waals surface area contributed by atoms with Crippen LogP contribution in [0.25, 0.3) is 0 Å². The summed E-state index contributed by atoms with van der Waals surface area (Å²) >= 11 is 0. The number of nitrogens with one attached hydrogen (secondary N) is 1. The fourth-order valence-electron chi connectivity index (χ4n) is 2.75. The molecule has 116 valence electrons. The molecule has 1 unspecified atom stereocenters. The maximum absolute atomic E-state index is 5.75. The molecule has 2 rings (SSSR count). The predicted molar refractivity (Wildman–Crippen MR) is 88.0 cm³/mol. The summed E-state index contributed by atoms with van der Waals surface area (Å²) in [5.74, 6) is 2.67. The standard InChI is InChI=1S/C17H27N3O/c1-14-6-4-8-16(12-14)21-11-9-19-17(18-3)20-10-5-7-15(2)13-20/h4,6,8,12,15H,5,7,9-11,13H2,1-3H3,(H,18,19). The predicted octanol–water partition coefficient (Wildman–Crippen LogP) is 2.68. The Labute approximate surface area is 128 Å². The van der Waals surface area contributed by atoms with Crippen molar-refractivity contribution < 1.29 is 4.74 Å². The molecular weight excluding hydrogens is 262 g/mol. The van der Waals surface area contributed by atoms with E-state index in [1.165, 1.54) is 18.4 Å². The first-order valence-electron chi connectivity index (χ1n) is 7.84. The average molecular weight is 289 g/mol. The van der Waals surface area contributed by atoms with Crippen LogP contribution in [0.15, 0.2) is 29.3 Å². The summed E-state index contributed by atoms with van der Waals surface area (Å²) in [6.45, 7) is 7.99. The zero-order valence-electron chi connectivity index (χ0n) is 13.4. The lowest BCUT2D eigenvalue weighted by molar-refractivity contribution is 0.262. The minimum Gasteiger partial charge on any atom is -0.492 e. The number of aliphatic imine (C=N–C) groups is 1. The van der Waals surface area contributed by atoms with E-state index in [2.05, 4.69) is 41.2 Å². The molecular formula is C17H27N3O. The Balaban J connectivity index is 1.73. The van der Waals surface area contributed by atoms with Crippen molar-refractivity contribution in [1.82, 2.24) is 10.2 Å². The van der Waals surface area contributed by atoms with E-state index in [0.717, 1.165) is 37.3 Å².